The second-order valence-corrected chi connectivity index (χ2v) is 4.25. The van der Waals surface area contributed by atoms with Gasteiger partial charge in [-0.15, -0.1) is 0 Å². The number of nitrogens with one attached hydrogen (secondary N) is 1. The average molecular weight is 184 g/mol. The van der Waals surface area contributed by atoms with Crippen molar-refractivity contribution in [2.75, 3.05) is 19.6 Å². The summed E-state index contributed by atoms with van der Waals surface area (Å²) in [4.78, 5) is 13.3. The Hall–Kier alpha value is -0.730. The van der Waals surface area contributed by atoms with Crippen LogP contribution >= 0.6 is 0 Å². The molecule has 1 N–H and O–H groups in total. The Morgan fingerprint density at radius 1 is 1.46 bits per heavy atom. The Morgan fingerprint density at radius 3 is 2.69 bits per heavy atom. The summed E-state index contributed by atoms with van der Waals surface area (Å²) in [7, 11) is 0. The molecule has 3 heteroatoms. The molecule has 13 heavy (non-hydrogen) atoms. The number of rotatable bonds is 3. The lowest BCUT2D eigenvalue weighted by atomic mass is 9.97. The smallest absolute Gasteiger partial charge is 0.317 e. The van der Waals surface area contributed by atoms with E-state index in [1.165, 1.54) is 0 Å². The van der Waals surface area contributed by atoms with Crippen LogP contribution in [0.2, 0.25) is 0 Å². The first-order valence-corrected chi connectivity index (χ1v) is 5.14. The molecule has 76 valence electrons. The fourth-order valence-electron chi connectivity index (χ4n) is 1.41. The van der Waals surface area contributed by atoms with Gasteiger partial charge in [0.1, 0.15) is 0 Å². The maximum Gasteiger partial charge on any atom is 0.317 e. The average Bonchev–Trinajstić information content (AvgIpc) is 2.08. The van der Waals surface area contributed by atoms with Crippen molar-refractivity contribution in [1.82, 2.24) is 10.2 Å². The van der Waals surface area contributed by atoms with Gasteiger partial charge in [-0.2, -0.15) is 0 Å². The van der Waals surface area contributed by atoms with Gasteiger partial charge in [-0.1, -0.05) is 20.8 Å². The molecule has 1 aliphatic rings. The SMILES string of the molecule is CC(C)C(C)CN1CCCNC1=O. The van der Waals surface area contributed by atoms with Gasteiger partial charge >= 0.3 is 6.03 Å². The van der Waals surface area contributed by atoms with Gasteiger partial charge in [0.2, 0.25) is 0 Å². The fraction of sp³-hybridized carbons (Fsp3) is 0.900. The molecule has 2 amide bonds. The molecule has 1 atom stereocenters. The van der Waals surface area contributed by atoms with Crippen molar-refractivity contribution in [3.63, 3.8) is 0 Å². The van der Waals surface area contributed by atoms with Gasteiger partial charge in [0, 0.05) is 19.6 Å². The molecule has 1 heterocycles. The van der Waals surface area contributed by atoms with Gasteiger partial charge in [0.15, 0.2) is 0 Å². The van der Waals surface area contributed by atoms with Gasteiger partial charge < -0.3 is 10.2 Å². The number of urea groups is 1. The number of nitrogens with zero attached hydrogens (tertiary/aromatic N) is 1. The Kier molecular flexibility index (Phi) is 3.58. The van der Waals surface area contributed by atoms with E-state index in [2.05, 4.69) is 26.1 Å². The summed E-state index contributed by atoms with van der Waals surface area (Å²) in [6.45, 7) is 9.25. The van der Waals surface area contributed by atoms with Crippen molar-refractivity contribution in [1.29, 1.82) is 0 Å². The molecule has 0 radical (unpaired) electrons. The Bertz CT molecular complexity index is 180. The highest BCUT2D eigenvalue weighted by Crippen LogP contribution is 2.12. The highest BCUT2D eigenvalue weighted by atomic mass is 16.2. The Labute approximate surface area is 80.5 Å². The summed E-state index contributed by atoms with van der Waals surface area (Å²) in [5.41, 5.74) is 0. The van der Waals surface area contributed by atoms with Crippen molar-refractivity contribution < 1.29 is 4.79 Å². The quantitative estimate of drug-likeness (QED) is 0.711. The molecule has 1 rings (SSSR count). The van der Waals surface area contributed by atoms with Gasteiger partial charge in [-0.3, -0.25) is 0 Å². The maximum atomic E-state index is 11.4. The fourth-order valence-corrected chi connectivity index (χ4v) is 1.41. The molecule has 1 fully saturated rings. The molecule has 0 saturated carbocycles. The van der Waals surface area contributed by atoms with E-state index in [9.17, 15) is 4.79 Å². The van der Waals surface area contributed by atoms with Crippen LogP contribution in [0.5, 0.6) is 0 Å². The Morgan fingerprint density at radius 2 is 2.15 bits per heavy atom. The van der Waals surface area contributed by atoms with Crippen LogP contribution in [0.15, 0.2) is 0 Å². The van der Waals surface area contributed by atoms with Crippen LogP contribution < -0.4 is 5.32 Å². The van der Waals surface area contributed by atoms with Gasteiger partial charge in [-0.25, -0.2) is 4.79 Å². The third-order valence-electron chi connectivity index (χ3n) is 2.81. The molecule has 0 bridgehead atoms. The molecule has 1 aliphatic heterocycles. The van der Waals surface area contributed by atoms with Crippen molar-refractivity contribution >= 4 is 6.03 Å². The molecule has 0 spiro atoms. The van der Waals surface area contributed by atoms with Crippen molar-refractivity contribution in [2.24, 2.45) is 11.8 Å². The molecule has 0 aromatic carbocycles. The van der Waals surface area contributed by atoms with Crippen LogP contribution in [0.3, 0.4) is 0 Å². The van der Waals surface area contributed by atoms with Crippen LogP contribution in [-0.4, -0.2) is 30.6 Å². The lowest BCUT2D eigenvalue weighted by Crippen LogP contribution is -2.48. The first-order chi connectivity index (χ1) is 6.11. The zero-order valence-electron chi connectivity index (χ0n) is 8.84. The Balaban J connectivity index is 2.38. The van der Waals surface area contributed by atoms with E-state index in [0.29, 0.717) is 11.8 Å². The topological polar surface area (TPSA) is 32.3 Å². The second-order valence-electron chi connectivity index (χ2n) is 4.25. The maximum absolute atomic E-state index is 11.4. The highest BCUT2D eigenvalue weighted by Gasteiger charge is 2.20. The van der Waals surface area contributed by atoms with E-state index < -0.39 is 0 Å². The predicted molar refractivity (Wildman–Crippen MR) is 53.6 cm³/mol. The molecule has 0 aliphatic carbocycles. The highest BCUT2D eigenvalue weighted by molar-refractivity contribution is 5.74. The number of carbonyl (C=O) groups is 1. The molecular formula is C10H20N2O. The molecular weight excluding hydrogens is 164 g/mol. The second kappa shape index (κ2) is 4.49. The molecule has 1 saturated heterocycles. The third-order valence-corrected chi connectivity index (χ3v) is 2.81. The monoisotopic (exact) mass is 184 g/mol. The van der Waals surface area contributed by atoms with E-state index in [4.69, 9.17) is 0 Å². The molecule has 0 aromatic heterocycles. The van der Waals surface area contributed by atoms with Gasteiger partial charge in [-0.05, 0) is 18.3 Å². The normalized spacial score (nSPS) is 20.3. The summed E-state index contributed by atoms with van der Waals surface area (Å²) in [5.74, 6) is 1.23. The number of hydrogen-bond donors (Lipinski definition) is 1. The van der Waals surface area contributed by atoms with E-state index in [0.717, 1.165) is 26.1 Å². The summed E-state index contributed by atoms with van der Waals surface area (Å²) >= 11 is 0. The standard InChI is InChI=1S/C10H20N2O/c1-8(2)9(3)7-12-6-4-5-11-10(12)13/h8-9H,4-7H2,1-3H3,(H,11,13). The molecule has 0 aromatic rings. The predicted octanol–water partition coefficient (Wildman–Crippen LogP) is 1.69. The molecule has 1 unspecified atom stereocenters. The van der Waals surface area contributed by atoms with Gasteiger partial charge in [0.25, 0.3) is 0 Å². The summed E-state index contributed by atoms with van der Waals surface area (Å²) in [5, 5.41) is 2.86. The minimum atomic E-state index is 0.110. The number of carbonyl (C=O) groups excluding carboxylic acids is 1. The van der Waals surface area contributed by atoms with Crippen LogP contribution in [0.25, 0.3) is 0 Å². The zero-order valence-corrected chi connectivity index (χ0v) is 8.84. The van der Waals surface area contributed by atoms with Crippen LogP contribution in [0, 0.1) is 11.8 Å². The third kappa shape index (κ3) is 2.90. The molecule has 3 nitrogen and oxygen atoms in total. The number of amides is 2. The van der Waals surface area contributed by atoms with E-state index >= 15 is 0 Å². The summed E-state index contributed by atoms with van der Waals surface area (Å²) in [6.07, 6.45) is 1.08. The first kappa shape index (κ1) is 10.4. The van der Waals surface area contributed by atoms with Crippen molar-refractivity contribution in [3.05, 3.63) is 0 Å². The van der Waals surface area contributed by atoms with Crippen molar-refractivity contribution in [3.8, 4) is 0 Å². The lowest BCUT2D eigenvalue weighted by Gasteiger charge is -2.31. The summed E-state index contributed by atoms with van der Waals surface area (Å²) < 4.78 is 0. The van der Waals surface area contributed by atoms with E-state index in [1.807, 2.05) is 4.90 Å². The zero-order chi connectivity index (χ0) is 9.84. The van der Waals surface area contributed by atoms with E-state index in [1.54, 1.807) is 0 Å². The number of hydrogen-bond acceptors (Lipinski definition) is 1. The van der Waals surface area contributed by atoms with Crippen LogP contribution in [-0.2, 0) is 0 Å². The van der Waals surface area contributed by atoms with Crippen LogP contribution in [0.4, 0.5) is 4.79 Å². The largest absolute Gasteiger partial charge is 0.338 e. The minimum absolute atomic E-state index is 0.110. The first-order valence-electron chi connectivity index (χ1n) is 5.14. The van der Waals surface area contributed by atoms with Gasteiger partial charge in [0.05, 0.1) is 0 Å². The summed E-state index contributed by atoms with van der Waals surface area (Å²) in [6, 6.07) is 0.110. The van der Waals surface area contributed by atoms with Crippen molar-refractivity contribution in [2.45, 2.75) is 27.2 Å². The van der Waals surface area contributed by atoms with E-state index in [-0.39, 0.29) is 6.03 Å². The lowest BCUT2D eigenvalue weighted by molar-refractivity contribution is 0.170. The van der Waals surface area contributed by atoms with Crippen LogP contribution in [0.1, 0.15) is 27.2 Å². The minimum Gasteiger partial charge on any atom is -0.338 e.